The van der Waals surface area contributed by atoms with Crippen molar-refractivity contribution in [1.82, 2.24) is 9.88 Å². The molecule has 2 atom stereocenters. The lowest BCUT2D eigenvalue weighted by Gasteiger charge is -2.17. The van der Waals surface area contributed by atoms with Crippen molar-refractivity contribution in [3.8, 4) is 6.07 Å². The van der Waals surface area contributed by atoms with E-state index in [0.29, 0.717) is 6.61 Å². The number of methoxy groups -OCH3 is 1. The summed E-state index contributed by atoms with van der Waals surface area (Å²) in [5, 5.41) is 21.7. The zero-order valence-electron chi connectivity index (χ0n) is 16.0. The minimum absolute atomic E-state index is 0.0237. The monoisotopic (exact) mass is 347 g/mol. The topological polar surface area (TPSA) is 87.3 Å². The van der Waals surface area contributed by atoms with Crippen molar-refractivity contribution in [3.05, 3.63) is 28.6 Å². The Morgan fingerprint density at radius 1 is 1.44 bits per heavy atom. The third-order valence-corrected chi connectivity index (χ3v) is 4.28. The van der Waals surface area contributed by atoms with Crippen LogP contribution in [0.25, 0.3) is 6.08 Å². The van der Waals surface area contributed by atoms with E-state index in [1.165, 1.54) is 0 Å². The highest BCUT2D eigenvalue weighted by Gasteiger charge is 2.17. The SMILES string of the molecule is COCC(C)n1c(C)cc(/C=C(/C#N)C(=O)NCC(O)C(C)C)c1C. The van der Waals surface area contributed by atoms with Crippen LogP contribution < -0.4 is 5.32 Å². The molecule has 1 amide bonds. The van der Waals surface area contributed by atoms with Crippen LogP contribution in [-0.2, 0) is 9.53 Å². The van der Waals surface area contributed by atoms with E-state index >= 15 is 0 Å². The van der Waals surface area contributed by atoms with Crippen LogP contribution in [0.3, 0.4) is 0 Å². The van der Waals surface area contributed by atoms with Crippen molar-refractivity contribution in [2.24, 2.45) is 5.92 Å². The number of aliphatic hydroxyl groups excluding tert-OH is 1. The van der Waals surface area contributed by atoms with Crippen molar-refractivity contribution in [2.45, 2.75) is 46.8 Å². The Labute approximate surface area is 150 Å². The summed E-state index contributed by atoms with van der Waals surface area (Å²) < 4.78 is 7.34. The molecule has 0 bridgehead atoms. The van der Waals surface area contributed by atoms with E-state index in [2.05, 4.69) is 16.8 Å². The third kappa shape index (κ3) is 5.45. The molecule has 25 heavy (non-hydrogen) atoms. The summed E-state index contributed by atoms with van der Waals surface area (Å²) in [4.78, 5) is 12.2. The average Bonchev–Trinajstić information content (AvgIpc) is 2.83. The molecule has 2 unspecified atom stereocenters. The highest BCUT2D eigenvalue weighted by molar-refractivity contribution is 6.01. The maximum Gasteiger partial charge on any atom is 0.262 e. The summed E-state index contributed by atoms with van der Waals surface area (Å²) in [5.41, 5.74) is 2.87. The number of nitrogens with one attached hydrogen (secondary N) is 1. The number of aromatic nitrogens is 1. The van der Waals surface area contributed by atoms with Crippen molar-refractivity contribution < 1.29 is 14.6 Å². The van der Waals surface area contributed by atoms with Gasteiger partial charge >= 0.3 is 0 Å². The molecule has 0 aliphatic carbocycles. The Bertz CT molecular complexity index is 668. The van der Waals surface area contributed by atoms with E-state index < -0.39 is 12.0 Å². The van der Waals surface area contributed by atoms with Gasteiger partial charge in [-0.05, 0) is 44.4 Å². The van der Waals surface area contributed by atoms with Crippen LogP contribution in [0.15, 0.2) is 11.6 Å². The Morgan fingerprint density at radius 2 is 2.08 bits per heavy atom. The molecule has 1 aromatic rings. The molecule has 0 fully saturated rings. The van der Waals surface area contributed by atoms with Gasteiger partial charge < -0.3 is 19.7 Å². The van der Waals surface area contributed by atoms with Crippen LogP contribution in [0.2, 0.25) is 0 Å². The number of nitriles is 1. The Balaban J connectivity index is 3.01. The lowest BCUT2D eigenvalue weighted by atomic mass is 10.1. The quantitative estimate of drug-likeness (QED) is 0.558. The van der Waals surface area contributed by atoms with Gasteiger partial charge in [-0.25, -0.2) is 0 Å². The predicted octanol–water partition coefficient (Wildman–Crippen LogP) is 2.35. The molecule has 0 aliphatic heterocycles. The van der Waals surface area contributed by atoms with Gasteiger partial charge in [-0.2, -0.15) is 5.26 Å². The molecule has 0 saturated heterocycles. The Kier molecular flexibility index (Phi) is 7.88. The second kappa shape index (κ2) is 9.40. The summed E-state index contributed by atoms with van der Waals surface area (Å²) in [7, 11) is 1.66. The molecular formula is C19H29N3O3. The van der Waals surface area contributed by atoms with Crippen molar-refractivity contribution >= 4 is 12.0 Å². The standard InChI is InChI=1S/C19H29N3O3/c1-12(2)18(23)10-21-19(24)17(9-20)8-16-7-13(3)22(15(16)5)14(4)11-25-6/h7-8,12,14,18,23H,10-11H2,1-6H3,(H,21,24)/b17-8-. The molecule has 2 N–H and O–H groups in total. The molecule has 1 aromatic heterocycles. The summed E-state index contributed by atoms with van der Waals surface area (Å²) in [6.45, 7) is 10.4. The smallest absolute Gasteiger partial charge is 0.262 e. The van der Waals surface area contributed by atoms with Crippen molar-refractivity contribution in [1.29, 1.82) is 5.26 Å². The van der Waals surface area contributed by atoms with Gasteiger partial charge in [-0.15, -0.1) is 0 Å². The number of aryl methyl sites for hydroxylation is 1. The lowest BCUT2D eigenvalue weighted by Crippen LogP contribution is -2.35. The van der Waals surface area contributed by atoms with E-state index in [1.807, 2.05) is 39.8 Å². The van der Waals surface area contributed by atoms with Gasteiger partial charge in [0, 0.05) is 25.0 Å². The largest absolute Gasteiger partial charge is 0.391 e. The number of aliphatic hydroxyl groups is 1. The fourth-order valence-electron chi connectivity index (χ4n) is 2.77. The van der Waals surface area contributed by atoms with Gasteiger partial charge in [-0.1, -0.05) is 13.8 Å². The molecule has 138 valence electrons. The summed E-state index contributed by atoms with van der Waals surface area (Å²) >= 11 is 0. The van der Waals surface area contributed by atoms with E-state index in [4.69, 9.17) is 4.74 Å². The molecular weight excluding hydrogens is 318 g/mol. The maximum atomic E-state index is 12.2. The van der Waals surface area contributed by atoms with Gasteiger partial charge in [0.05, 0.1) is 18.8 Å². The van der Waals surface area contributed by atoms with Crippen LogP contribution in [0.5, 0.6) is 0 Å². The molecule has 6 nitrogen and oxygen atoms in total. The highest BCUT2D eigenvalue weighted by atomic mass is 16.5. The van der Waals surface area contributed by atoms with E-state index in [9.17, 15) is 15.2 Å². The van der Waals surface area contributed by atoms with Crippen LogP contribution in [0.1, 0.15) is 43.8 Å². The van der Waals surface area contributed by atoms with Crippen molar-refractivity contribution in [2.75, 3.05) is 20.3 Å². The Hall–Kier alpha value is -2.10. The summed E-state index contributed by atoms with van der Waals surface area (Å²) in [5.74, 6) is -0.437. The Morgan fingerprint density at radius 3 is 2.60 bits per heavy atom. The van der Waals surface area contributed by atoms with Crippen LogP contribution in [-0.4, -0.2) is 41.9 Å². The predicted molar refractivity (Wildman–Crippen MR) is 97.9 cm³/mol. The van der Waals surface area contributed by atoms with Gasteiger partial charge in [-0.3, -0.25) is 4.79 Å². The number of hydrogen-bond donors (Lipinski definition) is 2. The normalized spacial score (nSPS) is 14.3. The molecule has 1 heterocycles. The van der Waals surface area contributed by atoms with Crippen LogP contribution in [0.4, 0.5) is 0 Å². The average molecular weight is 347 g/mol. The molecule has 1 rings (SSSR count). The number of carbonyl (C=O) groups excluding carboxylic acids is 1. The zero-order valence-corrected chi connectivity index (χ0v) is 16.0. The van der Waals surface area contributed by atoms with Crippen molar-refractivity contribution in [3.63, 3.8) is 0 Å². The van der Waals surface area contributed by atoms with E-state index in [0.717, 1.165) is 17.0 Å². The fourth-order valence-corrected chi connectivity index (χ4v) is 2.77. The summed E-state index contributed by atoms with van der Waals surface area (Å²) in [6.07, 6.45) is 0.957. The van der Waals surface area contributed by atoms with Crippen LogP contribution in [0, 0.1) is 31.1 Å². The van der Waals surface area contributed by atoms with Gasteiger partial charge in [0.15, 0.2) is 0 Å². The third-order valence-electron chi connectivity index (χ3n) is 4.28. The second-order valence-corrected chi connectivity index (χ2v) is 6.69. The number of rotatable bonds is 8. The number of ether oxygens (including phenoxy) is 1. The first kappa shape index (κ1) is 20.9. The highest BCUT2D eigenvalue weighted by Crippen LogP contribution is 2.22. The summed E-state index contributed by atoms with van der Waals surface area (Å²) in [6, 6.07) is 4.06. The van der Waals surface area contributed by atoms with E-state index in [-0.39, 0.29) is 24.1 Å². The number of carbonyl (C=O) groups is 1. The van der Waals surface area contributed by atoms with Gasteiger partial charge in [0.2, 0.25) is 0 Å². The fraction of sp³-hybridized carbons (Fsp3) is 0.579. The number of nitrogens with zero attached hydrogens (tertiary/aromatic N) is 2. The first-order valence-corrected chi connectivity index (χ1v) is 8.48. The van der Waals surface area contributed by atoms with E-state index in [1.54, 1.807) is 13.2 Å². The molecule has 0 spiro atoms. The zero-order chi connectivity index (χ0) is 19.1. The maximum absolute atomic E-state index is 12.2. The molecule has 6 heteroatoms. The minimum atomic E-state index is -0.635. The van der Waals surface area contributed by atoms with Crippen LogP contribution >= 0.6 is 0 Å². The first-order valence-electron chi connectivity index (χ1n) is 8.48. The van der Waals surface area contributed by atoms with Gasteiger partial charge in [0.1, 0.15) is 11.6 Å². The van der Waals surface area contributed by atoms with Gasteiger partial charge in [0.25, 0.3) is 5.91 Å². The first-order chi connectivity index (χ1) is 11.7. The molecule has 0 saturated carbocycles. The lowest BCUT2D eigenvalue weighted by molar-refractivity contribution is -0.117. The second-order valence-electron chi connectivity index (χ2n) is 6.69. The number of amides is 1. The number of hydrogen-bond acceptors (Lipinski definition) is 4. The molecule has 0 aromatic carbocycles. The minimum Gasteiger partial charge on any atom is -0.391 e. The molecule has 0 radical (unpaired) electrons. The molecule has 0 aliphatic rings.